The maximum Gasteiger partial charge on any atom is 0.138 e. The summed E-state index contributed by atoms with van der Waals surface area (Å²) in [5.74, 6) is 1.48. The summed E-state index contributed by atoms with van der Waals surface area (Å²) in [4.78, 5) is 4.28. The molecule has 0 aromatic carbocycles. The van der Waals surface area contributed by atoms with Crippen molar-refractivity contribution in [2.75, 3.05) is 13.2 Å². The summed E-state index contributed by atoms with van der Waals surface area (Å²) in [5.41, 5.74) is 6.17. The molecule has 2 heterocycles. The van der Waals surface area contributed by atoms with Gasteiger partial charge in [-0.15, -0.1) is 0 Å². The van der Waals surface area contributed by atoms with Crippen LogP contribution in [0.1, 0.15) is 25.6 Å². The van der Waals surface area contributed by atoms with E-state index in [1.807, 2.05) is 4.68 Å². The Bertz CT molecular complexity index is 320. The van der Waals surface area contributed by atoms with Gasteiger partial charge in [-0.3, -0.25) is 4.68 Å². The van der Waals surface area contributed by atoms with Gasteiger partial charge >= 0.3 is 0 Å². The number of aromatic nitrogens is 3. The van der Waals surface area contributed by atoms with Crippen molar-refractivity contribution in [3.05, 3.63) is 12.2 Å². The van der Waals surface area contributed by atoms with E-state index in [2.05, 4.69) is 17.0 Å². The van der Waals surface area contributed by atoms with Crippen molar-refractivity contribution in [1.29, 1.82) is 0 Å². The number of nitrogens with two attached hydrogens (primary N) is 1. The zero-order valence-electron chi connectivity index (χ0n) is 9.80. The standard InChI is InChI=1S/C11H20N4O/c1-2-4-15-11(13-8-14-15)6-10(12)9-3-5-16-7-9/h8-10H,2-7,12H2,1H3. The van der Waals surface area contributed by atoms with Gasteiger partial charge in [0.15, 0.2) is 0 Å². The monoisotopic (exact) mass is 224 g/mol. The molecule has 0 amide bonds. The first-order valence-electron chi connectivity index (χ1n) is 6.01. The number of nitrogens with zero attached hydrogens (tertiary/aromatic N) is 3. The third-order valence-corrected chi connectivity index (χ3v) is 3.12. The smallest absolute Gasteiger partial charge is 0.138 e. The Morgan fingerprint density at radius 3 is 3.25 bits per heavy atom. The van der Waals surface area contributed by atoms with Crippen molar-refractivity contribution in [2.45, 2.75) is 38.8 Å². The van der Waals surface area contributed by atoms with Crippen molar-refractivity contribution >= 4 is 0 Å². The number of hydrogen-bond donors (Lipinski definition) is 1. The summed E-state index contributed by atoms with van der Waals surface area (Å²) in [6.45, 7) is 4.70. The van der Waals surface area contributed by atoms with Crippen LogP contribution < -0.4 is 5.73 Å². The van der Waals surface area contributed by atoms with Crippen molar-refractivity contribution < 1.29 is 4.74 Å². The number of hydrogen-bond acceptors (Lipinski definition) is 4. The Morgan fingerprint density at radius 2 is 2.56 bits per heavy atom. The zero-order valence-corrected chi connectivity index (χ0v) is 9.80. The van der Waals surface area contributed by atoms with Crippen LogP contribution in [0.5, 0.6) is 0 Å². The number of ether oxygens (including phenoxy) is 1. The summed E-state index contributed by atoms with van der Waals surface area (Å²) in [6.07, 6.45) is 4.55. The van der Waals surface area contributed by atoms with E-state index < -0.39 is 0 Å². The maximum atomic E-state index is 6.17. The van der Waals surface area contributed by atoms with Gasteiger partial charge in [0.05, 0.1) is 6.61 Å². The Balaban J connectivity index is 1.94. The Hall–Kier alpha value is -0.940. The van der Waals surface area contributed by atoms with E-state index >= 15 is 0 Å². The van der Waals surface area contributed by atoms with Crippen LogP contribution in [0.25, 0.3) is 0 Å². The van der Waals surface area contributed by atoms with Gasteiger partial charge in [-0.05, 0) is 18.8 Å². The molecule has 2 rings (SSSR count). The third kappa shape index (κ3) is 2.59. The fraction of sp³-hybridized carbons (Fsp3) is 0.818. The molecule has 0 spiro atoms. The molecule has 1 aliphatic rings. The van der Waals surface area contributed by atoms with Crippen LogP contribution in [0.3, 0.4) is 0 Å². The van der Waals surface area contributed by atoms with Crippen LogP contribution in [0.2, 0.25) is 0 Å². The van der Waals surface area contributed by atoms with Crippen molar-refractivity contribution in [2.24, 2.45) is 11.7 Å². The van der Waals surface area contributed by atoms with E-state index in [1.165, 1.54) is 0 Å². The highest BCUT2D eigenvalue weighted by Gasteiger charge is 2.24. The van der Waals surface area contributed by atoms with E-state index in [0.717, 1.165) is 44.8 Å². The molecule has 0 radical (unpaired) electrons. The highest BCUT2D eigenvalue weighted by Crippen LogP contribution is 2.17. The molecule has 5 heteroatoms. The van der Waals surface area contributed by atoms with E-state index in [1.54, 1.807) is 6.33 Å². The number of aryl methyl sites for hydroxylation is 1. The normalized spacial score (nSPS) is 22.5. The molecule has 90 valence electrons. The molecular formula is C11H20N4O. The Labute approximate surface area is 96.0 Å². The largest absolute Gasteiger partial charge is 0.381 e. The molecule has 2 atom stereocenters. The van der Waals surface area contributed by atoms with Gasteiger partial charge in [-0.1, -0.05) is 6.92 Å². The summed E-state index contributed by atoms with van der Waals surface area (Å²) < 4.78 is 7.31. The molecular weight excluding hydrogens is 204 g/mol. The molecule has 1 fully saturated rings. The molecule has 1 aliphatic heterocycles. The molecule has 16 heavy (non-hydrogen) atoms. The van der Waals surface area contributed by atoms with E-state index in [9.17, 15) is 0 Å². The minimum atomic E-state index is 0.141. The average molecular weight is 224 g/mol. The van der Waals surface area contributed by atoms with Crippen LogP contribution in [-0.4, -0.2) is 34.0 Å². The molecule has 2 N–H and O–H groups in total. The van der Waals surface area contributed by atoms with Crippen LogP contribution >= 0.6 is 0 Å². The van der Waals surface area contributed by atoms with E-state index in [-0.39, 0.29) is 6.04 Å². The first-order chi connectivity index (χ1) is 7.81. The Kier molecular flexibility index (Phi) is 3.90. The molecule has 5 nitrogen and oxygen atoms in total. The van der Waals surface area contributed by atoms with Crippen LogP contribution in [0.15, 0.2) is 6.33 Å². The van der Waals surface area contributed by atoms with Crippen molar-refractivity contribution in [3.63, 3.8) is 0 Å². The lowest BCUT2D eigenvalue weighted by Crippen LogP contribution is -2.33. The van der Waals surface area contributed by atoms with Gasteiger partial charge in [-0.25, -0.2) is 4.98 Å². The molecule has 1 saturated heterocycles. The lowest BCUT2D eigenvalue weighted by atomic mass is 9.97. The predicted molar refractivity (Wildman–Crippen MR) is 60.9 cm³/mol. The molecule has 1 aromatic rings. The van der Waals surface area contributed by atoms with Gasteiger partial charge in [0.2, 0.25) is 0 Å². The molecule has 1 aromatic heterocycles. The Morgan fingerprint density at radius 1 is 1.69 bits per heavy atom. The second-order valence-electron chi connectivity index (χ2n) is 4.39. The number of rotatable bonds is 5. The quantitative estimate of drug-likeness (QED) is 0.795. The highest BCUT2D eigenvalue weighted by molar-refractivity contribution is 4.91. The first kappa shape index (κ1) is 11.5. The van der Waals surface area contributed by atoms with Gasteiger partial charge in [-0.2, -0.15) is 5.10 Å². The topological polar surface area (TPSA) is 66.0 Å². The SMILES string of the molecule is CCCn1ncnc1CC(N)C1CCOC1. The first-order valence-corrected chi connectivity index (χ1v) is 6.01. The summed E-state index contributed by atoms with van der Waals surface area (Å²) in [6, 6.07) is 0.141. The van der Waals surface area contributed by atoms with E-state index in [4.69, 9.17) is 10.5 Å². The highest BCUT2D eigenvalue weighted by atomic mass is 16.5. The fourth-order valence-electron chi connectivity index (χ4n) is 2.11. The average Bonchev–Trinajstić information content (AvgIpc) is 2.90. The maximum absolute atomic E-state index is 6.17. The predicted octanol–water partition coefficient (Wildman–Crippen LogP) is 0.594. The summed E-state index contributed by atoms with van der Waals surface area (Å²) in [5, 5.41) is 4.20. The van der Waals surface area contributed by atoms with Crippen LogP contribution in [0.4, 0.5) is 0 Å². The van der Waals surface area contributed by atoms with Gasteiger partial charge < -0.3 is 10.5 Å². The van der Waals surface area contributed by atoms with Crippen LogP contribution in [-0.2, 0) is 17.7 Å². The second kappa shape index (κ2) is 5.41. The van der Waals surface area contributed by atoms with Gasteiger partial charge in [0.25, 0.3) is 0 Å². The van der Waals surface area contributed by atoms with Crippen molar-refractivity contribution in [3.8, 4) is 0 Å². The second-order valence-corrected chi connectivity index (χ2v) is 4.39. The fourth-order valence-corrected chi connectivity index (χ4v) is 2.11. The lowest BCUT2D eigenvalue weighted by molar-refractivity contribution is 0.180. The minimum absolute atomic E-state index is 0.141. The lowest BCUT2D eigenvalue weighted by Gasteiger charge is -2.17. The van der Waals surface area contributed by atoms with Crippen molar-refractivity contribution in [1.82, 2.24) is 14.8 Å². The molecule has 0 saturated carbocycles. The van der Waals surface area contributed by atoms with Gasteiger partial charge in [0.1, 0.15) is 12.2 Å². The molecule has 0 aliphatic carbocycles. The minimum Gasteiger partial charge on any atom is -0.381 e. The third-order valence-electron chi connectivity index (χ3n) is 3.12. The van der Waals surface area contributed by atoms with Gasteiger partial charge in [0, 0.05) is 25.6 Å². The summed E-state index contributed by atoms with van der Waals surface area (Å²) in [7, 11) is 0. The van der Waals surface area contributed by atoms with E-state index in [0.29, 0.717) is 5.92 Å². The molecule has 2 unspecified atom stereocenters. The molecule has 0 bridgehead atoms. The summed E-state index contributed by atoms with van der Waals surface area (Å²) >= 11 is 0. The zero-order chi connectivity index (χ0) is 11.4. The van der Waals surface area contributed by atoms with Crippen LogP contribution in [0, 0.1) is 5.92 Å².